The molecule has 9 heteroatoms. The van der Waals surface area contributed by atoms with Crippen molar-refractivity contribution in [2.24, 2.45) is 4.99 Å². The van der Waals surface area contributed by atoms with Crippen LogP contribution in [-0.4, -0.2) is 45.5 Å². The van der Waals surface area contributed by atoms with Crippen LogP contribution in [0.2, 0.25) is 0 Å². The number of carbonyl (C=O) groups is 1. The van der Waals surface area contributed by atoms with Crippen LogP contribution in [0.4, 0.5) is 10.1 Å². The highest BCUT2D eigenvalue weighted by atomic mass is 32.1. The summed E-state index contributed by atoms with van der Waals surface area (Å²) in [7, 11) is 3.86. The minimum absolute atomic E-state index is 0.0236. The molecular weight excluding hydrogens is 422 g/mol. The summed E-state index contributed by atoms with van der Waals surface area (Å²) < 4.78 is 1.21. The molecule has 0 radical (unpaired) electrons. The average molecular weight is 446 g/mol. The lowest BCUT2D eigenvalue weighted by Crippen LogP contribution is -2.28. The monoisotopic (exact) mass is 445 g/mol. The first-order valence-electron chi connectivity index (χ1n) is 10.3. The Labute approximate surface area is 190 Å². The van der Waals surface area contributed by atoms with E-state index in [0.29, 0.717) is 27.9 Å². The Balaban J connectivity index is 1.96. The molecule has 4 rings (SSSR count). The third kappa shape index (κ3) is 3.63. The zero-order valence-electron chi connectivity index (χ0n) is 18.6. The van der Waals surface area contributed by atoms with Gasteiger partial charge in [0.05, 0.1) is 0 Å². The minimum Gasteiger partial charge on any atom is -0.354 e. The highest BCUT2D eigenvalue weighted by Crippen LogP contribution is 2.40. The van der Waals surface area contributed by atoms with E-state index in [-0.39, 0.29) is 11.5 Å². The van der Waals surface area contributed by atoms with Gasteiger partial charge >= 0.3 is 0 Å². The molecule has 0 bridgehead atoms. The minimum atomic E-state index is -0.470. The molecule has 1 aliphatic heterocycles. The van der Waals surface area contributed by atoms with E-state index in [1.165, 1.54) is 16.0 Å². The second-order valence-electron chi connectivity index (χ2n) is 7.80. The first-order valence-corrected chi connectivity index (χ1v) is 11.1. The van der Waals surface area contributed by atoms with Gasteiger partial charge in [0, 0.05) is 31.1 Å². The van der Waals surface area contributed by atoms with Crippen LogP contribution >= 0.6 is 11.3 Å². The van der Waals surface area contributed by atoms with Crippen LogP contribution in [0.25, 0.3) is 11.3 Å². The number of aliphatic imine (C=N–C) groups is 1. The highest BCUT2D eigenvalue weighted by molar-refractivity contribution is 7.19. The molecule has 32 heavy (non-hydrogen) atoms. The van der Waals surface area contributed by atoms with E-state index in [9.17, 15) is 10.1 Å². The van der Waals surface area contributed by atoms with Gasteiger partial charge < -0.3 is 4.90 Å². The fourth-order valence-electron chi connectivity index (χ4n) is 3.29. The Kier molecular flexibility index (Phi) is 5.72. The van der Waals surface area contributed by atoms with Gasteiger partial charge in [-0.3, -0.25) is 4.79 Å². The van der Waals surface area contributed by atoms with Crippen molar-refractivity contribution >= 4 is 33.1 Å². The molecule has 0 fully saturated rings. The molecule has 0 saturated heterocycles. The summed E-state index contributed by atoms with van der Waals surface area (Å²) in [6, 6.07) is 11.8. The number of rotatable bonds is 5. The number of hydrogen-bond donors (Lipinski definition) is 0. The molecule has 3 heterocycles. The van der Waals surface area contributed by atoms with Gasteiger partial charge in [-0.25, -0.2) is 15.0 Å². The molecule has 1 aromatic carbocycles. The topological polar surface area (TPSA) is 100 Å². The summed E-state index contributed by atoms with van der Waals surface area (Å²) in [5.74, 6) is 0.539. The summed E-state index contributed by atoms with van der Waals surface area (Å²) in [6.07, 6.45) is 0.834. The number of thiazole rings is 1. The normalized spacial score (nSPS) is 15.6. The number of allylic oxidation sites excluding steroid dienone is 2. The Morgan fingerprint density at radius 1 is 1.25 bits per heavy atom. The van der Waals surface area contributed by atoms with E-state index in [2.05, 4.69) is 10.1 Å². The van der Waals surface area contributed by atoms with Crippen molar-refractivity contribution in [1.82, 2.24) is 19.7 Å². The summed E-state index contributed by atoms with van der Waals surface area (Å²) >= 11 is 1.44. The number of nitrogens with zero attached hydrogens (tertiary/aromatic N) is 7. The Hall–Kier alpha value is -3.64. The van der Waals surface area contributed by atoms with Gasteiger partial charge in [-0.15, -0.1) is 5.10 Å². The van der Waals surface area contributed by atoms with Crippen LogP contribution in [-0.2, 0) is 0 Å². The van der Waals surface area contributed by atoms with E-state index in [1.54, 1.807) is 6.92 Å². The maximum atomic E-state index is 12.9. The predicted octanol–water partition coefficient (Wildman–Crippen LogP) is 4.60. The van der Waals surface area contributed by atoms with Gasteiger partial charge in [0.2, 0.25) is 0 Å². The molecule has 162 valence electrons. The Morgan fingerprint density at radius 2 is 1.97 bits per heavy atom. The van der Waals surface area contributed by atoms with E-state index in [0.717, 1.165) is 22.8 Å². The lowest BCUT2D eigenvalue weighted by atomic mass is 10.0. The second-order valence-corrected chi connectivity index (χ2v) is 8.76. The third-order valence-corrected chi connectivity index (χ3v) is 6.49. The Morgan fingerprint density at radius 3 is 2.59 bits per heavy atom. The highest BCUT2D eigenvalue weighted by Gasteiger charge is 2.33. The predicted molar refractivity (Wildman–Crippen MR) is 126 cm³/mol. The lowest BCUT2D eigenvalue weighted by Gasteiger charge is -2.14. The number of fused-ring (bicyclic) bond motifs is 1. The standard InChI is InChI=1S/C23H23N7OS/c1-6-13(2)19-27-20-17(14(3)16(12-24)22(31)30(20)28-19)25-21-18(15-10-8-7-9-11-15)26-23(32-21)29(4)5/h7-11,13H,6H2,1-5H3/b25-17+. The molecule has 3 aromatic rings. The summed E-state index contributed by atoms with van der Waals surface area (Å²) in [6.45, 7) is 5.78. The van der Waals surface area contributed by atoms with Crippen molar-refractivity contribution in [3.05, 3.63) is 53.1 Å². The maximum absolute atomic E-state index is 12.9. The van der Waals surface area contributed by atoms with E-state index >= 15 is 0 Å². The van der Waals surface area contributed by atoms with Gasteiger partial charge in [-0.2, -0.15) is 9.94 Å². The Bertz CT molecular complexity index is 1290. The summed E-state index contributed by atoms with van der Waals surface area (Å²) in [5.41, 5.74) is 2.66. The van der Waals surface area contributed by atoms with Crippen molar-refractivity contribution in [3.8, 4) is 17.3 Å². The smallest absolute Gasteiger partial charge is 0.291 e. The summed E-state index contributed by atoms with van der Waals surface area (Å²) in [5, 5.41) is 15.5. The van der Waals surface area contributed by atoms with Crippen LogP contribution in [0.3, 0.4) is 0 Å². The van der Waals surface area contributed by atoms with Crippen molar-refractivity contribution < 1.29 is 4.79 Å². The molecule has 1 unspecified atom stereocenters. The first kappa shape index (κ1) is 21.6. The van der Waals surface area contributed by atoms with Crippen LogP contribution in [0.5, 0.6) is 0 Å². The number of benzene rings is 1. The fourth-order valence-corrected chi connectivity index (χ4v) is 4.18. The number of carbonyl (C=O) groups excluding carboxylic acids is 1. The van der Waals surface area contributed by atoms with Crippen LogP contribution in [0, 0.1) is 11.3 Å². The number of nitriles is 1. The van der Waals surface area contributed by atoms with E-state index in [4.69, 9.17) is 9.98 Å². The molecule has 0 saturated carbocycles. The molecule has 0 N–H and O–H groups in total. The van der Waals surface area contributed by atoms with Gasteiger partial charge in [0.25, 0.3) is 5.91 Å². The number of anilines is 1. The van der Waals surface area contributed by atoms with Crippen molar-refractivity contribution in [3.63, 3.8) is 0 Å². The number of aromatic nitrogens is 4. The molecule has 1 aliphatic rings. The van der Waals surface area contributed by atoms with E-state index in [1.807, 2.05) is 69.2 Å². The number of hydrogen-bond acceptors (Lipinski definition) is 8. The SMILES string of the molecule is CCC(C)c1nc2n(n1)C(=O)C(C#N)=C(C)/C2=N\c1sc(N(C)C)nc1-c1ccccc1. The average Bonchev–Trinajstić information content (AvgIpc) is 3.42. The van der Waals surface area contributed by atoms with Crippen molar-refractivity contribution in [2.75, 3.05) is 19.0 Å². The molecular formula is C23H23N7OS. The molecule has 0 aliphatic carbocycles. The van der Waals surface area contributed by atoms with Gasteiger partial charge in [0.1, 0.15) is 28.0 Å². The fraction of sp³-hybridized carbons (Fsp3) is 0.304. The summed E-state index contributed by atoms with van der Waals surface area (Å²) in [4.78, 5) is 29.1. The molecule has 8 nitrogen and oxygen atoms in total. The molecule has 2 aromatic heterocycles. The van der Waals surface area contributed by atoms with Crippen LogP contribution in [0.15, 0.2) is 46.5 Å². The quantitative estimate of drug-likeness (QED) is 0.569. The molecule has 0 spiro atoms. The van der Waals surface area contributed by atoms with Gasteiger partial charge in [0.15, 0.2) is 16.8 Å². The largest absolute Gasteiger partial charge is 0.354 e. The zero-order chi connectivity index (χ0) is 23.0. The maximum Gasteiger partial charge on any atom is 0.291 e. The lowest BCUT2D eigenvalue weighted by molar-refractivity contribution is 0.0941. The zero-order valence-corrected chi connectivity index (χ0v) is 19.4. The van der Waals surface area contributed by atoms with Crippen LogP contribution < -0.4 is 4.90 Å². The second kappa shape index (κ2) is 8.48. The molecule has 0 amide bonds. The van der Waals surface area contributed by atoms with Crippen LogP contribution in [0.1, 0.15) is 49.6 Å². The van der Waals surface area contributed by atoms with E-state index < -0.39 is 5.91 Å². The van der Waals surface area contributed by atoms with Crippen molar-refractivity contribution in [1.29, 1.82) is 5.26 Å². The third-order valence-electron chi connectivity index (χ3n) is 5.38. The first-order chi connectivity index (χ1) is 15.3. The molecule has 1 atom stereocenters. The van der Waals surface area contributed by atoms with Crippen molar-refractivity contribution in [2.45, 2.75) is 33.1 Å². The van der Waals surface area contributed by atoms with Gasteiger partial charge in [-0.1, -0.05) is 55.5 Å². The van der Waals surface area contributed by atoms with Gasteiger partial charge in [-0.05, 0) is 13.3 Å².